The molecule has 3 rings (SSSR count). The van der Waals surface area contributed by atoms with E-state index in [1.165, 1.54) is 12.8 Å². The summed E-state index contributed by atoms with van der Waals surface area (Å²) in [7, 11) is 0. The lowest BCUT2D eigenvalue weighted by molar-refractivity contribution is -0.120. The van der Waals surface area contributed by atoms with Gasteiger partial charge in [0.15, 0.2) is 0 Å². The number of anilines is 1. The summed E-state index contributed by atoms with van der Waals surface area (Å²) < 4.78 is 5.83. The molecule has 0 heterocycles. The van der Waals surface area contributed by atoms with E-state index in [0.717, 1.165) is 43.7 Å². The highest BCUT2D eigenvalue weighted by Crippen LogP contribution is 2.32. The molecular weight excluding hydrogens is 264 g/mol. The molecule has 4 heteroatoms. The van der Waals surface area contributed by atoms with Crippen molar-refractivity contribution < 1.29 is 9.53 Å². The second kappa shape index (κ2) is 6.48. The molecule has 0 aliphatic heterocycles. The Balaban J connectivity index is 1.61. The van der Waals surface area contributed by atoms with Crippen LogP contribution in [0.5, 0.6) is 5.75 Å². The van der Waals surface area contributed by atoms with E-state index in [2.05, 4.69) is 5.32 Å². The fourth-order valence-electron chi connectivity index (χ4n) is 2.89. The molecule has 2 unspecified atom stereocenters. The largest absolute Gasteiger partial charge is 0.491 e. The highest BCUT2D eigenvalue weighted by molar-refractivity contribution is 5.94. The Morgan fingerprint density at radius 2 is 2.05 bits per heavy atom. The first-order chi connectivity index (χ1) is 10.2. The summed E-state index contributed by atoms with van der Waals surface area (Å²) in [5.74, 6) is 1.58. The first kappa shape index (κ1) is 14.4. The molecule has 0 spiro atoms. The van der Waals surface area contributed by atoms with E-state index in [0.29, 0.717) is 5.92 Å². The van der Waals surface area contributed by atoms with E-state index < -0.39 is 0 Å². The van der Waals surface area contributed by atoms with Gasteiger partial charge < -0.3 is 15.8 Å². The van der Waals surface area contributed by atoms with Gasteiger partial charge in [-0.05, 0) is 50.2 Å². The number of benzene rings is 1. The fraction of sp³-hybridized carbons (Fsp3) is 0.588. The molecule has 2 atom stereocenters. The molecule has 2 aliphatic carbocycles. The summed E-state index contributed by atoms with van der Waals surface area (Å²) in [5, 5.41) is 3.03. The number of nitrogens with one attached hydrogen (secondary N) is 1. The Labute approximate surface area is 126 Å². The lowest BCUT2D eigenvalue weighted by Gasteiger charge is -2.26. The van der Waals surface area contributed by atoms with Crippen molar-refractivity contribution in [1.29, 1.82) is 0 Å². The second-order valence-corrected chi connectivity index (χ2v) is 6.36. The van der Waals surface area contributed by atoms with Gasteiger partial charge >= 0.3 is 0 Å². The van der Waals surface area contributed by atoms with Crippen LogP contribution in [0.3, 0.4) is 0 Å². The van der Waals surface area contributed by atoms with Crippen LogP contribution in [0.4, 0.5) is 5.69 Å². The zero-order valence-electron chi connectivity index (χ0n) is 12.4. The Morgan fingerprint density at radius 3 is 2.81 bits per heavy atom. The highest BCUT2D eigenvalue weighted by Gasteiger charge is 2.26. The van der Waals surface area contributed by atoms with Crippen molar-refractivity contribution in [1.82, 2.24) is 0 Å². The molecule has 114 valence electrons. The number of amides is 1. The minimum absolute atomic E-state index is 0.0326. The van der Waals surface area contributed by atoms with Gasteiger partial charge in [0.1, 0.15) is 5.75 Å². The minimum atomic E-state index is 0.0326. The molecule has 0 aromatic heterocycles. The normalized spacial score (nSPS) is 25.4. The average molecular weight is 288 g/mol. The molecule has 0 saturated heterocycles. The lowest BCUT2D eigenvalue weighted by Crippen LogP contribution is -2.34. The molecule has 2 aliphatic rings. The third-order valence-corrected chi connectivity index (χ3v) is 4.40. The predicted molar refractivity (Wildman–Crippen MR) is 83.2 cm³/mol. The SMILES string of the molecule is NC1CCCC(C(=O)Nc2ccccc2OCC2CC2)C1. The smallest absolute Gasteiger partial charge is 0.227 e. The Hall–Kier alpha value is -1.55. The summed E-state index contributed by atoms with van der Waals surface area (Å²) in [5.41, 5.74) is 6.75. The number of carbonyl (C=O) groups is 1. The first-order valence-corrected chi connectivity index (χ1v) is 8.00. The zero-order chi connectivity index (χ0) is 14.7. The van der Waals surface area contributed by atoms with Gasteiger partial charge in [-0.2, -0.15) is 0 Å². The van der Waals surface area contributed by atoms with Crippen LogP contribution >= 0.6 is 0 Å². The van der Waals surface area contributed by atoms with Gasteiger partial charge in [0, 0.05) is 12.0 Å². The maximum atomic E-state index is 12.4. The molecule has 1 amide bonds. The number of hydrogen-bond acceptors (Lipinski definition) is 3. The van der Waals surface area contributed by atoms with Crippen molar-refractivity contribution in [3.63, 3.8) is 0 Å². The van der Waals surface area contributed by atoms with Gasteiger partial charge in [-0.3, -0.25) is 4.79 Å². The third-order valence-electron chi connectivity index (χ3n) is 4.40. The summed E-state index contributed by atoms with van der Waals surface area (Å²) in [6.07, 6.45) is 6.31. The van der Waals surface area contributed by atoms with Gasteiger partial charge in [0.2, 0.25) is 5.91 Å². The zero-order valence-corrected chi connectivity index (χ0v) is 12.4. The van der Waals surface area contributed by atoms with Crippen LogP contribution in [-0.2, 0) is 4.79 Å². The van der Waals surface area contributed by atoms with Crippen molar-refractivity contribution in [3.8, 4) is 5.75 Å². The third kappa shape index (κ3) is 3.97. The Bertz CT molecular complexity index is 499. The van der Waals surface area contributed by atoms with Crippen molar-refractivity contribution >= 4 is 11.6 Å². The maximum absolute atomic E-state index is 12.4. The van der Waals surface area contributed by atoms with Crippen LogP contribution in [0.15, 0.2) is 24.3 Å². The monoisotopic (exact) mass is 288 g/mol. The molecule has 21 heavy (non-hydrogen) atoms. The van der Waals surface area contributed by atoms with Gasteiger partial charge in [-0.1, -0.05) is 18.6 Å². The standard InChI is InChI=1S/C17H24N2O2/c18-14-5-3-4-13(10-14)17(20)19-15-6-1-2-7-16(15)21-11-12-8-9-12/h1-2,6-7,12-14H,3-5,8-11,18H2,(H,19,20). The summed E-state index contributed by atoms with van der Waals surface area (Å²) in [4.78, 5) is 12.4. The summed E-state index contributed by atoms with van der Waals surface area (Å²) in [6.45, 7) is 0.751. The van der Waals surface area contributed by atoms with Crippen LogP contribution in [0, 0.1) is 11.8 Å². The molecule has 1 aromatic carbocycles. The van der Waals surface area contributed by atoms with Crippen LogP contribution in [-0.4, -0.2) is 18.6 Å². The van der Waals surface area contributed by atoms with E-state index >= 15 is 0 Å². The first-order valence-electron chi connectivity index (χ1n) is 8.00. The Kier molecular flexibility index (Phi) is 4.44. The molecule has 0 bridgehead atoms. The van der Waals surface area contributed by atoms with E-state index in [1.807, 2.05) is 24.3 Å². The molecule has 0 radical (unpaired) electrons. The second-order valence-electron chi connectivity index (χ2n) is 6.36. The highest BCUT2D eigenvalue weighted by atomic mass is 16.5. The van der Waals surface area contributed by atoms with Crippen LogP contribution in [0.25, 0.3) is 0 Å². The van der Waals surface area contributed by atoms with Gasteiger partial charge in [-0.15, -0.1) is 0 Å². The quantitative estimate of drug-likeness (QED) is 0.875. The van der Waals surface area contributed by atoms with Crippen molar-refractivity contribution in [3.05, 3.63) is 24.3 Å². The molecule has 2 saturated carbocycles. The summed E-state index contributed by atoms with van der Waals surface area (Å²) >= 11 is 0. The van der Waals surface area contributed by atoms with E-state index in [9.17, 15) is 4.79 Å². The lowest BCUT2D eigenvalue weighted by atomic mass is 9.85. The van der Waals surface area contributed by atoms with E-state index in [-0.39, 0.29) is 17.9 Å². The number of ether oxygens (including phenoxy) is 1. The van der Waals surface area contributed by atoms with Gasteiger partial charge in [-0.25, -0.2) is 0 Å². The van der Waals surface area contributed by atoms with Crippen LogP contribution < -0.4 is 15.8 Å². The Morgan fingerprint density at radius 1 is 1.24 bits per heavy atom. The van der Waals surface area contributed by atoms with Crippen molar-refractivity contribution in [2.75, 3.05) is 11.9 Å². The fourth-order valence-corrected chi connectivity index (χ4v) is 2.89. The molecule has 3 N–H and O–H groups in total. The number of nitrogens with two attached hydrogens (primary N) is 1. The van der Waals surface area contributed by atoms with E-state index in [4.69, 9.17) is 10.5 Å². The number of para-hydroxylation sites is 2. The number of carbonyl (C=O) groups excluding carboxylic acids is 1. The average Bonchev–Trinajstić information content (AvgIpc) is 3.30. The van der Waals surface area contributed by atoms with Gasteiger partial charge in [0.25, 0.3) is 0 Å². The van der Waals surface area contributed by atoms with Crippen molar-refractivity contribution in [2.45, 2.75) is 44.6 Å². The van der Waals surface area contributed by atoms with Crippen molar-refractivity contribution in [2.24, 2.45) is 17.6 Å². The summed E-state index contributed by atoms with van der Waals surface area (Å²) in [6, 6.07) is 7.85. The molecule has 4 nitrogen and oxygen atoms in total. The minimum Gasteiger partial charge on any atom is -0.491 e. The predicted octanol–water partition coefficient (Wildman–Crippen LogP) is 2.93. The van der Waals surface area contributed by atoms with Gasteiger partial charge in [0.05, 0.1) is 12.3 Å². The van der Waals surface area contributed by atoms with Crippen LogP contribution in [0.2, 0.25) is 0 Å². The number of hydrogen-bond donors (Lipinski definition) is 2. The number of rotatable bonds is 5. The topological polar surface area (TPSA) is 64.4 Å². The molecule has 1 aromatic rings. The van der Waals surface area contributed by atoms with Crippen LogP contribution in [0.1, 0.15) is 38.5 Å². The van der Waals surface area contributed by atoms with E-state index in [1.54, 1.807) is 0 Å². The maximum Gasteiger partial charge on any atom is 0.227 e. The molecular formula is C17H24N2O2. The molecule has 2 fully saturated rings.